The highest BCUT2D eigenvalue weighted by Crippen LogP contribution is 2.17. The summed E-state index contributed by atoms with van der Waals surface area (Å²) in [5.74, 6) is -1.11. The standard InChI is InChI=1S/C16H15F2NO2/c1-11-6-7-12(17)10-14(11)19-16(20)8-9-21-15-5-3-2-4-13(15)18/h2-7,10H,8-9H2,1H3,(H,19,20). The Morgan fingerprint density at radius 1 is 1.19 bits per heavy atom. The van der Waals surface area contributed by atoms with E-state index in [-0.39, 0.29) is 24.7 Å². The molecule has 2 aromatic carbocycles. The Balaban J connectivity index is 1.85. The predicted octanol–water partition coefficient (Wildman–Crippen LogP) is 3.68. The van der Waals surface area contributed by atoms with E-state index < -0.39 is 11.6 Å². The minimum absolute atomic E-state index is 0.0428. The summed E-state index contributed by atoms with van der Waals surface area (Å²) >= 11 is 0. The van der Waals surface area contributed by atoms with Gasteiger partial charge in [0.25, 0.3) is 0 Å². The molecule has 3 nitrogen and oxygen atoms in total. The Labute approximate surface area is 121 Å². The smallest absolute Gasteiger partial charge is 0.227 e. The van der Waals surface area contributed by atoms with Crippen LogP contribution >= 0.6 is 0 Å². The van der Waals surface area contributed by atoms with Crippen molar-refractivity contribution in [1.29, 1.82) is 0 Å². The van der Waals surface area contributed by atoms with Crippen LogP contribution in [0.15, 0.2) is 42.5 Å². The molecule has 0 heterocycles. The Hall–Kier alpha value is -2.43. The SMILES string of the molecule is Cc1ccc(F)cc1NC(=O)CCOc1ccccc1F. The number of benzene rings is 2. The van der Waals surface area contributed by atoms with Gasteiger partial charge in [0.05, 0.1) is 13.0 Å². The number of carbonyl (C=O) groups is 1. The third-order valence-corrected chi connectivity index (χ3v) is 2.90. The lowest BCUT2D eigenvalue weighted by atomic mass is 10.2. The van der Waals surface area contributed by atoms with Crippen molar-refractivity contribution in [2.75, 3.05) is 11.9 Å². The van der Waals surface area contributed by atoms with Gasteiger partial charge in [0.1, 0.15) is 5.82 Å². The monoisotopic (exact) mass is 291 g/mol. The van der Waals surface area contributed by atoms with Gasteiger partial charge in [0.2, 0.25) is 5.91 Å². The summed E-state index contributed by atoms with van der Waals surface area (Å²) < 4.78 is 31.6. The molecule has 0 unspecified atom stereocenters. The van der Waals surface area contributed by atoms with Crippen molar-refractivity contribution < 1.29 is 18.3 Å². The highest BCUT2D eigenvalue weighted by atomic mass is 19.1. The molecule has 0 fully saturated rings. The molecule has 110 valence electrons. The highest BCUT2D eigenvalue weighted by Gasteiger charge is 2.07. The number of ether oxygens (including phenoxy) is 1. The van der Waals surface area contributed by atoms with E-state index >= 15 is 0 Å². The molecule has 0 spiro atoms. The van der Waals surface area contributed by atoms with Gasteiger partial charge >= 0.3 is 0 Å². The zero-order valence-corrected chi connectivity index (χ0v) is 11.5. The van der Waals surface area contributed by atoms with Gasteiger partial charge in [0, 0.05) is 5.69 Å². The minimum atomic E-state index is -0.473. The van der Waals surface area contributed by atoms with Crippen LogP contribution in [-0.4, -0.2) is 12.5 Å². The average molecular weight is 291 g/mol. The molecule has 0 aromatic heterocycles. The lowest BCUT2D eigenvalue weighted by Crippen LogP contribution is -2.16. The first-order chi connectivity index (χ1) is 10.1. The van der Waals surface area contributed by atoms with Gasteiger partial charge in [-0.2, -0.15) is 0 Å². The molecule has 1 amide bonds. The largest absolute Gasteiger partial charge is 0.490 e. The predicted molar refractivity (Wildman–Crippen MR) is 76.3 cm³/mol. The van der Waals surface area contributed by atoms with Crippen molar-refractivity contribution >= 4 is 11.6 Å². The summed E-state index contributed by atoms with van der Waals surface area (Å²) in [6.07, 6.45) is 0.0459. The number of carbonyl (C=O) groups excluding carboxylic acids is 1. The van der Waals surface area contributed by atoms with Gasteiger partial charge in [-0.3, -0.25) is 4.79 Å². The molecule has 2 aromatic rings. The average Bonchev–Trinajstić information content (AvgIpc) is 2.45. The quantitative estimate of drug-likeness (QED) is 0.912. The van der Waals surface area contributed by atoms with Crippen LogP contribution in [0.2, 0.25) is 0 Å². The Morgan fingerprint density at radius 2 is 1.95 bits per heavy atom. The second kappa shape index (κ2) is 6.83. The summed E-state index contributed by atoms with van der Waals surface area (Å²) in [4.78, 5) is 11.7. The Kier molecular flexibility index (Phi) is 4.87. The summed E-state index contributed by atoms with van der Waals surface area (Å²) in [6, 6.07) is 10.1. The topological polar surface area (TPSA) is 38.3 Å². The molecule has 2 rings (SSSR count). The number of halogens is 2. The Bertz CT molecular complexity index is 644. The normalized spacial score (nSPS) is 10.2. The van der Waals surface area contributed by atoms with Crippen molar-refractivity contribution in [3.05, 3.63) is 59.7 Å². The molecule has 21 heavy (non-hydrogen) atoms. The number of hydrogen-bond donors (Lipinski definition) is 1. The molecule has 0 atom stereocenters. The number of rotatable bonds is 5. The number of aryl methyl sites for hydroxylation is 1. The first-order valence-electron chi connectivity index (χ1n) is 6.49. The maximum Gasteiger partial charge on any atom is 0.227 e. The maximum absolute atomic E-state index is 13.3. The van der Waals surface area contributed by atoms with Crippen molar-refractivity contribution in [3.8, 4) is 5.75 Å². The van der Waals surface area contributed by atoms with Crippen molar-refractivity contribution in [3.63, 3.8) is 0 Å². The van der Waals surface area contributed by atoms with E-state index in [0.717, 1.165) is 5.56 Å². The summed E-state index contributed by atoms with van der Waals surface area (Å²) in [5.41, 5.74) is 1.19. The van der Waals surface area contributed by atoms with Gasteiger partial charge in [-0.15, -0.1) is 0 Å². The summed E-state index contributed by atoms with van der Waals surface area (Å²) in [6.45, 7) is 1.81. The molecule has 0 aliphatic heterocycles. The van der Waals surface area contributed by atoms with Gasteiger partial charge in [-0.1, -0.05) is 18.2 Å². The fourth-order valence-electron chi connectivity index (χ4n) is 1.76. The van der Waals surface area contributed by atoms with Gasteiger partial charge in [-0.05, 0) is 36.8 Å². The molecule has 0 radical (unpaired) electrons. The van der Waals surface area contributed by atoms with Gasteiger partial charge in [-0.25, -0.2) is 8.78 Å². The first kappa shape index (κ1) is 15.0. The zero-order chi connectivity index (χ0) is 15.2. The Morgan fingerprint density at radius 3 is 2.71 bits per heavy atom. The van der Waals surface area contributed by atoms with Crippen LogP contribution in [0.4, 0.5) is 14.5 Å². The van der Waals surface area contributed by atoms with Crippen LogP contribution in [-0.2, 0) is 4.79 Å². The van der Waals surface area contributed by atoms with Crippen LogP contribution in [0.1, 0.15) is 12.0 Å². The van der Waals surface area contributed by atoms with E-state index in [4.69, 9.17) is 4.74 Å². The second-order valence-corrected chi connectivity index (χ2v) is 4.54. The summed E-state index contributed by atoms with van der Waals surface area (Å²) in [7, 11) is 0. The fourth-order valence-corrected chi connectivity index (χ4v) is 1.76. The van der Waals surface area contributed by atoms with Crippen LogP contribution in [0, 0.1) is 18.6 Å². The molecule has 0 saturated heterocycles. The lowest BCUT2D eigenvalue weighted by Gasteiger charge is -2.09. The number of amides is 1. The highest BCUT2D eigenvalue weighted by molar-refractivity contribution is 5.91. The molecule has 5 heteroatoms. The van der Waals surface area contributed by atoms with Crippen LogP contribution in [0.25, 0.3) is 0 Å². The molecular formula is C16H15F2NO2. The van der Waals surface area contributed by atoms with Crippen LogP contribution < -0.4 is 10.1 Å². The van der Waals surface area contributed by atoms with E-state index in [0.29, 0.717) is 5.69 Å². The number of para-hydroxylation sites is 1. The second-order valence-electron chi connectivity index (χ2n) is 4.54. The molecule has 0 aliphatic carbocycles. The van der Waals surface area contributed by atoms with E-state index in [1.165, 1.54) is 24.3 Å². The molecule has 1 N–H and O–H groups in total. The van der Waals surface area contributed by atoms with E-state index in [2.05, 4.69) is 5.32 Å². The molecule has 0 aliphatic rings. The summed E-state index contributed by atoms with van der Waals surface area (Å²) in [5, 5.41) is 2.60. The molecule has 0 bridgehead atoms. The van der Waals surface area contributed by atoms with Crippen LogP contribution in [0.3, 0.4) is 0 Å². The van der Waals surface area contributed by atoms with Gasteiger partial charge in [0.15, 0.2) is 11.6 Å². The third-order valence-electron chi connectivity index (χ3n) is 2.90. The van der Waals surface area contributed by atoms with Crippen molar-refractivity contribution in [1.82, 2.24) is 0 Å². The number of nitrogens with one attached hydrogen (secondary N) is 1. The van der Waals surface area contributed by atoms with E-state index in [9.17, 15) is 13.6 Å². The fraction of sp³-hybridized carbons (Fsp3) is 0.188. The molecular weight excluding hydrogens is 276 g/mol. The number of anilines is 1. The minimum Gasteiger partial charge on any atom is -0.490 e. The van der Waals surface area contributed by atoms with E-state index in [1.807, 2.05) is 0 Å². The molecule has 0 saturated carbocycles. The third kappa shape index (κ3) is 4.27. The van der Waals surface area contributed by atoms with Crippen molar-refractivity contribution in [2.24, 2.45) is 0 Å². The maximum atomic E-state index is 13.3. The first-order valence-corrected chi connectivity index (χ1v) is 6.49. The van der Waals surface area contributed by atoms with E-state index in [1.54, 1.807) is 25.1 Å². The zero-order valence-electron chi connectivity index (χ0n) is 11.5. The lowest BCUT2D eigenvalue weighted by molar-refractivity contribution is -0.116. The number of hydrogen-bond acceptors (Lipinski definition) is 2. The van der Waals surface area contributed by atoms with Crippen molar-refractivity contribution in [2.45, 2.75) is 13.3 Å². The van der Waals surface area contributed by atoms with Gasteiger partial charge < -0.3 is 10.1 Å². The van der Waals surface area contributed by atoms with Crippen LogP contribution in [0.5, 0.6) is 5.75 Å².